The molecule has 0 aliphatic heterocycles. The normalized spacial score (nSPS) is 16.5. The Labute approximate surface area is 136 Å². The fourth-order valence-corrected chi connectivity index (χ4v) is 4.75. The molecule has 0 bridgehead atoms. The summed E-state index contributed by atoms with van der Waals surface area (Å²) < 4.78 is 34.3. The third kappa shape index (κ3) is 8.01. The SMILES string of the molecule is CCOC(CC[Si](C)(OCC)OC(C)OC)(OCC)OCC. The van der Waals surface area contributed by atoms with E-state index >= 15 is 0 Å². The number of rotatable bonds is 14. The maximum absolute atomic E-state index is 5.99. The van der Waals surface area contributed by atoms with Crippen LogP contribution in [0, 0.1) is 0 Å². The van der Waals surface area contributed by atoms with Gasteiger partial charge in [0.2, 0.25) is 0 Å². The first kappa shape index (κ1) is 22.0. The molecule has 0 spiro atoms. The van der Waals surface area contributed by atoms with Gasteiger partial charge in [-0.1, -0.05) is 0 Å². The lowest BCUT2D eigenvalue weighted by Gasteiger charge is -2.36. The van der Waals surface area contributed by atoms with E-state index in [-0.39, 0.29) is 6.29 Å². The zero-order valence-corrected chi connectivity index (χ0v) is 16.3. The highest BCUT2D eigenvalue weighted by atomic mass is 28.4. The fraction of sp³-hybridized carbons (Fsp3) is 1.00. The monoisotopic (exact) mass is 338 g/mol. The second-order valence-electron chi connectivity index (χ2n) is 4.97. The molecule has 2 unspecified atom stereocenters. The predicted molar refractivity (Wildman–Crippen MR) is 87.8 cm³/mol. The lowest BCUT2D eigenvalue weighted by molar-refractivity contribution is -0.378. The van der Waals surface area contributed by atoms with E-state index in [2.05, 4.69) is 0 Å². The molecule has 0 saturated carbocycles. The summed E-state index contributed by atoms with van der Waals surface area (Å²) in [5.41, 5.74) is 0. The summed E-state index contributed by atoms with van der Waals surface area (Å²) in [6.07, 6.45) is 0.255. The quantitative estimate of drug-likeness (QED) is 0.358. The van der Waals surface area contributed by atoms with Gasteiger partial charge in [-0.2, -0.15) is 0 Å². The predicted octanol–water partition coefficient (Wildman–Crippen LogP) is 3.26. The lowest BCUT2D eigenvalue weighted by Crippen LogP contribution is -2.46. The minimum absolute atomic E-state index is 0.302. The summed E-state index contributed by atoms with van der Waals surface area (Å²) in [7, 11) is -0.774. The van der Waals surface area contributed by atoms with Crippen LogP contribution in [0.1, 0.15) is 41.0 Å². The van der Waals surface area contributed by atoms with Gasteiger partial charge < -0.3 is 27.8 Å². The van der Waals surface area contributed by atoms with Gasteiger partial charge in [0.05, 0.1) is 0 Å². The number of ether oxygens (including phenoxy) is 4. The van der Waals surface area contributed by atoms with Gasteiger partial charge in [0, 0.05) is 40.0 Å². The maximum Gasteiger partial charge on any atom is 0.337 e. The van der Waals surface area contributed by atoms with Crippen LogP contribution >= 0.6 is 0 Å². The molecule has 0 rings (SSSR count). The first-order chi connectivity index (χ1) is 10.4. The molecule has 2 atom stereocenters. The van der Waals surface area contributed by atoms with Crippen LogP contribution in [0.25, 0.3) is 0 Å². The van der Waals surface area contributed by atoms with Crippen molar-refractivity contribution in [2.75, 3.05) is 33.5 Å². The summed E-state index contributed by atoms with van der Waals surface area (Å²) in [6, 6.07) is 0.689. The molecule has 7 heteroatoms. The second kappa shape index (κ2) is 11.5. The van der Waals surface area contributed by atoms with Crippen molar-refractivity contribution in [1.82, 2.24) is 0 Å². The molecule has 0 aromatic carbocycles. The Balaban J connectivity index is 4.92. The minimum atomic E-state index is -2.40. The van der Waals surface area contributed by atoms with Crippen LogP contribution in [0.5, 0.6) is 0 Å². The Bertz CT molecular complexity index is 262. The third-order valence-electron chi connectivity index (χ3n) is 3.17. The molecule has 0 N–H and O–H groups in total. The molecule has 0 aliphatic carbocycles. The van der Waals surface area contributed by atoms with E-state index in [4.69, 9.17) is 27.8 Å². The molecular formula is C15H34O6Si. The maximum atomic E-state index is 5.99. The Kier molecular flexibility index (Phi) is 11.5. The summed E-state index contributed by atoms with van der Waals surface area (Å²) >= 11 is 0. The first-order valence-corrected chi connectivity index (χ1v) is 10.7. The van der Waals surface area contributed by atoms with Crippen LogP contribution < -0.4 is 0 Å². The summed E-state index contributed by atoms with van der Waals surface area (Å²) in [6.45, 7) is 13.8. The van der Waals surface area contributed by atoms with E-state index < -0.39 is 14.5 Å². The van der Waals surface area contributed by atoms with Gasteiger partial charge >= 0.3 is 8.56 Å². The molecule has 22 heavy (non-hydrogen) atoms. The topological polar surface area (TPSA) is 55.4 Å². The van der Waals surface area contributed by atoms with Crippen molar-refractivity contribution < 1.29 is 27.8 Å². The van der Waals surface area contributed by atoms with E-state index in [0.717, 1.165) is 0 Å². The third-order valence-corrected chi connectivity index (χ3v) is 6.06. The van der Waals surface area contributed by atoms with Gasteiger partial charge in [-0.3, -0.25) is 0 Å². The van der Waals surface area contributed by atoms with Crippen LogP contribution in [0.2, 0.25) is 12.6 Å². The smallest absolute Gasteiger partial charge is 0.337 e. The van der Waals surface area contributed by atoms with Crippen molar-refractivity contribution in [3.05, 3.63) is 0 Å². The Morgan fingerprint density at radius 3 is 1.77 bits per heavy atom. The van der Waals surface area contributed by atoms with Crippen molar-refractivity contribution in [3.63, 3.8) is 0 Å². The van der Waals surface area contributed by atoms with Gasteiger partial charge in [0.25, 0.3) is 5.97 Å². The van der Waals surface area contributed by atoms with Crippen LogP contribution in [0.4, 0.5) is 0 Å². The Morgan fingerprint density at radius 1 is 0.909 bits per heavy atom. The Hall–Kier alpha value is -0.0231. The van der Waals surface area contributed by atoms with Gasteiger partial charge in [0.15, 0.2) is 0 Å². The van der Waals surface area contributed by atoms with Gasteiger partial charge in [0.1, 0.15) is 6.29 Å². The second-order valence-corrected chi connectivity index (χ2v) is 8.26. The molecule has 0 aromatic heterocycles. The molecule has 0 fully saturated rings. The zero-order chi connectivity index (χ0) is 17.1. The molecule has 6 nitrogen and oxygen atoms in total. The fourth-order valence-electron chi connectivity index (χ4n) is 2.25. The van der Waals surface area contributed by atoms with Crippen LogP contribution in [-0.2, 0) is 27.8 Å². The summed E-state index contributed by atoms with van der Waals surface area (Å²) in [4.78, 5) is 0. The largest absolute Gasteiger partial charge is 0.395 e. The van der Waals surface area contributed by atoms with Crippen molar-refractivity contribution in [1.29, 1.82) is 0 Å². The van der Waals surface area contributed by atoms with E-state index in [0.29, 0.717) is 38.9 Å². The summed E-state index contributed by atoms with van der Waals surface area (Å²) in [5, 5.41) is 0. The number of hydrogen-bond acceptors (Lipinski definition) is 6. The lowest BCUT2D eigenvalue weighted by atomic mass is 10.4. The van der Waals surface area contributed by atoms with Crippen molar-refractivity contribution >= 4 is 8.56 Å². The molecule has 0 radical (unpaired) electrons. The molecule has 0 heterocycles. The standard InChI is InChI=1S/C15H34O6Si/c1-8-17-15(18-9-2,19-10-3)12-13-22(7,20-11-4)21-14(5)16-6/h14H,8-13H2,1-7H3. The molecule has 0 amide bonds. The highest BCUT2D eigenvalue weighted by Gasteiger charge is 2.40. The zero-order valence-electron chi connectivity index (χ0n) is 15.3. The Morgan fingerprint density at radius 2 is 1.41 bits per heavy atom. The van der Waals surface area contributed by atoms with Gasteiger partial charge in [-0.05, 0) is 47.2 Å². The van der Waals surface area contributed by atoms with Gasteiger partial charge in [-0.15, -0.1) is 0 Å². The highest BCUT2D eigenvalue weighted by Crippen LogP contribution is 2.28. The molecule has 0 aliphatic rings. The molecule has 0 saturated heterocycles. The van der Waals surface area contributed by atoms with Crippen LogP contribution in [-0.4, -0.2) is 54.4 Å². The van der Waals surface area contributed by atoms with Crippen LogP contribution in [0.3, 0.4) is 0 Å². The molecular weight excluding hydrogens is 304 g/mol. The van der Waals surface area contributed by atoms with E-state index in [1.165, 1.54) is 0 Å². The first-order valence-electron chi connectivity index (χ1n) is 8.17. The average Bonchev–Trinajstić information content (AvgIpc) is 2.46. The minimum Gasteiger partial charge on any atom is -0.395 e. The van der Waals surface area contributed by atoms with Crippen molar-refractivity contribution in [2.45, 2.75) is 65.9 Å². The molecule has 0 aromatic rings. The van der Waals surface area contributed by atoms with Crippen molar-refractivity contribution in [2.24, 2.45) is 0 Å². The van der Waals surface area contributed by atoms with E-state index in [1.54, 1.807) is 7.11 Å². The van der Waals surface area contributed by atoms with E-state index in [9.17, 15) is 0 Å². The van der Waals surface area contributed by atoms with E-state index in [1.807, 2.05) is 41.2 Å². The van der Waals surface area contributed by atoms with Crippen LogP contribution in [0.15, 0.2) is 0 Å². The van der Waals surface area contributed by atoms with Gasteiger partial charge in [-0.25, -0.2) is 0 Å². The molecule has 134 valence electrons. The summed E-state index contributed by atoms with van der Waals surface area (Å²) in [5.74, 6) is -1.02. The van der Waals surface area contributed by atoms with Crippen molar-refractivity contribution in [3.8, 4) is 0 Å². The number of methoxy groups -OCH3 is 1. The highest BCUT2D eigenvalue weighted by molar-refractivity contribution is 6.66. The number of hydrogen-bond donors (Lipinski definition) is 0. The average molecular weight is 339 g/mol.